The normalized spacial score (nSPS) is 23.7. The maximum atomic E-state index is 13.5. The zero-order chi connectivity index (χ0) is 46.2. The van der Waals surface area contributed by atoms with E-state index in [2.05, 4.69) is 62.6 Å². The van der Waals surface area contributed by atoms with Gasteiger partial charge in [-0.25, -0.2) is 0 Å². The fourth-order valence-electron chi connectivity index (χ4n) is 7.79. The maximum absolute atomic E-state index is 13.5. The molecule has 0 spiro atoms. The fourth-order valence-corrected chi connectivity index (χ4v) is 7.79. The summed E-state index contributed by atoms with van der Waals surface area (Å²) in [5, 5.41) is 6.42. The number of hydrogen-bond acceptors (Lipinski definition) is 6. The van der Waals surface area contributed by atoms with Gasteiger partial charge in [-0.2, -0.15) is 0 Å². The van der Waals surface area contributed by atoms with Gasteiger partial charge in [-0.1, -0.05) is 137 Å². The van der Waals surface area contributed by atoms with Gasteiger partial charge in [0.2, 0.25) is 11.8 Å². The summed E-state index contributed by atoms with van der Waals surface area (Å²) in [7, 11) is 3.40. The topological polar surface area (TPSA) is 117 Å². The van der Waals surface area contributed by atoms with Crippen LogP contribution in [0, 0.1) is 11.8 Å². The summed E-state index contributed by atoms with van der Waals surface area (Å²) in [6.45, 7) is 12.4. The average Bonchev–Trinajstić information content (AvgIpc) is 3.29. The average molecular weight is 869 g/mol. The van der Waals surface area contributed by atoms with Gasteiger partial charge in [-0.05, 0) is 73.9 Å². The number of carbonyl (C=O) groups is 4. The molecule has 0 bridgehead atoms. The number of fused-ring (bicyclic) bond motifs is 2. The first kappa shape index (κ1) is 48.9. The Bertz CT molecular complexity index is 2030. The van der Waals surface area contributed by atoms with Crippen molar-refractivity contribution in [3.63, 3.8) is 0 Å². The predicted octanol–water partition coefficient (Wildman–Crippen LogP) is 9.26. The van der Waals surface area contributed by atoms with E-state index in [9.17, 15) is 19.2 Å². The van der Waals surface area contributed by atoms with Gasteiger partial charge in [0.05, 0.1) is 23.3 Å². The summed E-state index contributed by atoms with van der Waals surface area (Å²) in [6.07, 6.45) is 12.1. The van der Waals surface area contributed by atoms with Gasteiger partial charge in [0, 0.05) is 51.9 Å². The van der Waals surface area contributed by atoms with Crippen molar-refractivity contribution in [1.29, 1.82) is 0 Å². The fraction of sp³-hybridized carbons (Fsp3) is 0.407. The molecule has 64 heavy (non-hydrogen) atoms. The number of benzene rings is 4. The van der Waals surface area contributed by atoms with Crippen LogP contribution in [-0.4, -0.2) is 83.9 Å². The van der Waals surface area contributed by atoms with Crippen LogP contribution in [-0.2, 0) is 22.4 Å². The van der Waals surface area contributed by atoms with E-state index in [0.29, 0.717) is 35.5 Å². The first-order chi connectivity index (χ1) is 30.7. The lowest BCUT2D eigenvalue weighted by atomic mass is 9.98. The Morgan fingerprint density at radius 2 is 0.828 bits per heavy atom. The van der Waals surface area contributed by atoms with Gasteiger partial charge in [0.1, 0.15) is 23.6 Å². The molecule has 2 N–H and O–H groups in total. The number of para-hydroxylation sites is 2. The minimum Gasteiger partial charge on any atom is -0.490 e. The number of likely N-dealkylation sites (N-methyl/N-ethyl adjacent to an activating group) is 2. The molecule has 0 radical (unpaired) electrons. The number of rotatable bonds is 6. The molecule has 0 saturated carbocycles. The van der Waals surface area contributed by atoms with Gasteiger partial charge in [-0.15, -0.1) is 0 Å². The van der Waals surface area contributed by atoms with Crippen molar-refractivity contribution in [3.8, 4) is 11.5 Å². The number of ether oxygens (including phenoxy) is 2. The molecule has 4 aromatic carbocycles. The molecule has 4 amide bonds. The Morgan fingerprint density at radius 3 is 1.19 bits per heavy atom. The van der Waals surface area contributed by atoms with E-state index < -0.39 is 12.1 Å². The highest BCUT2D eigenvalue weighted by molar-refractivity contribution is 6.00. The predicted molar refractivity (Wildman–Crippen MR) is 255 cm³/mol. The molecule has 0 aromatic heterocycles. The number of nitrogens with zero attached hydrogens (tertiary/aromatic N) is 2. The van der Waals surface area contributed by atoms with Crippen LogP contribution in [0.25, 0.3) is 0 Å². The lowest BCUT2D eigenvalue weighted by Crippen LogP contribution is -2.52. The van der Waals surface area contributed by atoms with E-state index in [1.165, 1.54) is 0 Å². The van der Waals surface area contributed by atoms with Crippen LogP contribution in [0.5, 0.6) is 11.5 Å². The highest BCUT2D eigenvalue weighted by Gasteiger charge is 2.33. The second-order valence-electron chi connectivity index (χ2n) is 17.7. The van der Waals surface area contributed by atoms with Crippen LogP contribution in [0.1, 0.15) is 99.1 Å². The van der Waals surface area contributed by atoms with Crippen LogP contribution in [0.4, 0.5) is 0 Å². The Balaban J connectivity index is 0.000000241. The zero-order valence-corrected chi connectivity index (χ0v) is 38.9. The van der Waals surface area contributed by atoms with Crippen molar-refractivity contribution in [2.75, 3.05) is 14.1 Å². The van der Waals surface area contributed by atoms with Gasteiger partial charge in [-0.3, -0.25) is 19.2 Å². The Morgan fingerprint density at radius 1 is 0.500 bits per heavy atom. The quantitative estimate of drug-likeness (QED) is 0.187. The molecule has 6 rings (SSSR count). The van der Waals surface area contributed by atoms with Gasteiger partial charge >= 0.3 is 0 Å². The molecule has 10 nitrogen and oxygen atoms in total. The highest BCUT2D eigenvalue weighted by atomic mass is 16.5. The summed E-state index contributed by atoms with van der Waals surface area (Å²) >= 11 is 0. The third-order valence-corrected chi connectivity index (χ3v) is 11.9. The summed E-state index contributed by atoms with van der Waals surface area (Å²) in [5.41, 5.74) is 2.95. The zero-order valence-electron chi connectivity index (χ0n) is 38.9. The lowest BCUT2D eigenvalue weighted by Gasteiger charge is -2.31. The molecule has 10 heteroatoms. The monoisotopic (exact) mass is 869 g/mol. The van der Waals surface area contributed by atoms with E-state index in [-0.39, 0.29) is 59.8 Å². The SMILES string of the molecule is CC(C)[C@@H]1C/C=C/C[C@H](C)Oc2ccccc2C(=O)N(C)[C@@H](Cc2ccccc2)C(=O)N1.CC(C)[C@@H]1C/C=C\C[C@H](C)Oc2ccccc2C(=O)N(C)[C@@H](Cc2ccccc2)C(=O)N1. The first-order valence-electron chi connectivity index (χ1n) is 22.8. The standard InChI is InChI=1S/2C27H34N2O3/c2*1-19(2)23-16-10-8-12-20(3)32-25-17-11-9-15-22(25)27(31)29(4)24(26(30)28-23)18-21-13-6-5-7-14-21/h2*5-11,13-15,17,19-20,23-24H,12,16,18H2,1-4H3,(H,28,30)/b10-8+;10-8-/t2*20-,23-,24-/m00/s1. The Hall–Kier alpha value is -6.16. The van der Waals surface area contributed by atoms with Gasteiger partial charge in [0.15, 0.2) is 0 Å². The molecule has 2 aliphatic rings. The molecule has 4 aromatic rings. The number of carbonyl (C=O) groups excluding carboxylic acids is 4. The second-order valence-corrected chi connectivity index (χ2v) is 17.7. The second kappa shape index (κ2) is 24.1. The van der Waals surface area contributed by atoms with E-state index in [1.54, 1.807) is 36.0 Å². The minimum atomic E-state index is -0.636. The molecule has 2 heterocycles. The molecule has 0 saturated heterocycles. The third kappa shape index (κ3) is 13.9. The highest BCUT2D eigenvalue weighted by Crippen LogP contribution is 2.26. The van der Waals surface area contributed by atoms with Crippen molar-refractivity contribution in [1.82, 2.24) is 20.4 Å². The molecule has 340 valence electrons. The summed E-state index contributed by atoms with van der Waals surface area (Å²) < 4.78 is 12.2. The van der Waals surface area contributed by atoms with Crippen molar-refractivity contribution in [3.05, 3.63) is 156 Å². The lowest BCUT2D eigenvalue weighted by molar-refractivity contribution is -0.127. The smallest absolute Gasteiger partial charge is 0.258 e. The molecule has 0 aliphatic carbocycles. The van der Waals surface area contributed by atoms with Crippen molar-refractivity contribution >= 4 is 23.6 Å². The van der Waals surface area contributed by atoms with Crippen molar-refractivity contribution in [2.24, 2.45) is 11.8 Å². The van der Waals surface area contributed by atoms with E-state index in [4.69, 9.17) is 9.47 Å². The first-order valence-corrected chi connectivity index (χ1v) is 22.8. The van der Waals surface area contributed by atoms with Gasteiger partial charge < -0.3 is 29.9 Å². The molecule has 2 aliphatic heterocycles. The molecular formula is C54H68N4O6. The Kier molecular flexibility index (Phi) is 18.4. The number of amides is 4. The third-order valence-electron chi connectivity index (χ3n) is 11.9. The molecular weight excluding hydrogens is 801 g/mol. The van der Waals surface area contributed by atoms with Crippen LogP contribution >= 0.6 is 0 Å². The number of hydrogen-bond donors (Lipinski definition) is 2. The molecule has 0 fully saturated rings. The van der Waals surface area contributed by atoms with Crippen LogP contribution < -0.4 is 20.1 Å². The summed E-state index contributed by atoms with van der Waals surface area (Å²) in [4.78, 5) is 57.1. The van der Waals surface area contributed by atoms with E-state index >= 15 is 0 Å². The van der Waals surface area contributed by atoms with Crippen molar-refractivity contribution < 1.29 is 28.7 Å². The summed E-state index contributed by atoms with van der Waals surface area (Å²) in [6, 6.07) is 32.9. The number of nitrogens with one attached hydrogen (secondary N) is 2. The minimum absolute atomic E-state index is 0.00743. The van der Waals surface area contributed by atoms with Crippen LogP contribution in [0.2, 0.25) is 0 Å². The van der Waals surface area contributed by atoms with E-state index in [0.717, 1.165) is 36.8 Å². The van der Waals surface area contributed by atoms with E-state index in [1.807, 2.05) is 111 Å². The van der Waals surface area contributed by atoms with Crippen LogP contribution in [0.15, 0.2) is 133 Å². The molecule has 0 unspecified atom stereocenters. The maximum Gasteiger partial charge on any atom is 0.258 e. The van der Waals surface area contributed by atoms with Crippen LogP contribution in [0.3, 0.4) is 0 Å². The van der Waals surface area contributed by atoms with Gasteiger partial charge in [0.25, 0.3) is 11.8 Å². The van der Waals surface area contributed by atoms with Crippen molar-refractivity contribution in [2.45, 2.75) is 116 Å². The Labute approximate surface area is 381 Å². The largest absolute Gasteiger partial charge is 0.490 e. The summed E-state index contributed by atoms with van der Waals surface area (Å²) in [5.74, 6) is 0.896. The molecule has 6 atom stereocenters.